The third-order valence-electron chi connectivity index (χ3n) is 2.93. The van der Waals surface area contributed by atoms with Crippen molar-refractivity contribution in [3.63, 3.8) is 0 Å². The first-order valence-corrected chi connectivity index (χ1v) is 6.20. The lowest BCUT2D eigenvalue weighted by atomic mass is 10.0. The molecule has 2 heterocycles. The van der Waals surface area contributed by atoms with Crippen molar-refractivity contribution >= 4 is 11.6 Å². The molecule has 0 fully saturated rings. The molecule has 20 heavy (non-hydrogen) atoms. The van der Waals surface area contributed by atoms with E-state index in [1.54, 1.807) is 6.92 Å². The predicted molar refractivity (Wildman–Crippen MR) is 72.7 cm³/mol. The average molecular weight is 268 g/mol. The molecule has 0 radical (unpaired) electrons. The molecule has 1 aliphatic heterocycles. The molecular formula is C14H12N4O2. The number of hydrogen-bond acceptors (Lipinski definition) is 6. The molecule has 2 aromatic rings. The van der Waals surface area contributed by atoms with Gasteiger partial charge in [-0.1, -0.05) is 12.1 Å². The van der Waals surface area contributed by atoms with Gasteiger partial charge in [0.25, 0.3) is 5.88 Å². The summed E-state index contributed by atoms with van der Waals surface area (Å²) in [4.78, 5) is 3.95. The number of nitriles is 1. The molecule has 0 unspecified atom stereocenters. The number of fused-ring (bicyclic) bond motifs is 1. The Bertz CT molecular complexity index is 712. The number of aryl methyl sites for hydroxylation is 1. The van der Waals surface area contributed by atoms with Crippen LogP contribution in [0.15, 0.2) is 33.8 Å². The topological polar surface area (TPSA) is 83.4 Å². The number of aromatic nitrogens is 1. The summed E-state index contributed by atoms with van der Waals surface area (Å²) >= 11 is 0. The highest BCUT2D eigenvalue weighted by Crippen LogP contribution is 2.25. The largest absolute Gasteiger partial charge is 0.492 e. The maximum Gasteiger partial charge on any atom is 0.252 e. The Morgan fingerprint density at radius 3 is 3.10 bits per heavy atom. The van der Waals surface area contributed by atoms with Crippen molar-refractivity contribution in [1.82, 2.24) is 4.98 Å². The highest BCUT2D eigenvalue weighted by atomic mass is 16.5. The molecule has 0 saturated heterocycles. The molecule has 0 aliphatic carbocycles. The number of hydrogen-bond donors (Lipinski definition) is 1. The zero-order chi connectivity index (χ0) is 13.9. The molecule has 6 heteroatoms. The van der Waals surface area contributed by atoms with E-state index < -0.39 is 0 Å². The first kappa shape index (κ1) is 12.2. The van der Waals surface area contributed by atoms with Crippen molar-refractivity contribution in [2.45, 2.75) is 13.3 Å². The van der Waals surface area contributed by atoms with Crippen LogP contribution in [-0.2, 0) is 0 Å². The molecule has 1 aromatic heterocycles. The molecule has 100 valence electrons. The van der Waals surface area contributed by atoms with Crippen LogP contribution in [0, 0.1) is 18.3 Å². The molecule has 0 spiro atoms. The number of ether oxygens (including phenoxy) is 1. The summed E-state index contributed by atoms with van der Waals surface area (Å²) in [6.07, 6.45) is 0.693. The third kappa shape index (κ3) is 2.21. The molecule has 0 amide bonds. The van der Waals surface area contributed by atoms with Crippen LogP contribution >= 0.6 is 0 Å². The van der Waals surface area contributed by atoms with Crippen molar-refractivity contribution in [2.75, 3.05) is 12.0 Å². The van der Waals surface area contributed by atoms with Gasteiger partial charge in [-0.25, -0.2) is 10.4 Å². The van der Waals surface area contributed by atoms with Gasteiger partial charge in [-0.05, 0) is 12.1 Å². The summed E-state index contributed by atoms with van der Waals surface area (Å²) in [6, 6.07) is 9.67. The van der Waals surface area contributed by atoms with Crippen molar-refractivity contribution in [2.24, 2.45) is 5.10 Å². The summed E-state index contributed by atoms with van der Waals surface area (Å²) in [7, 11) is 0. The fourth-order valence-electron chi connectivity index (χ4n) is 2.04. The van der Waals surface area contributed by atoms with Crippen LogP contribution in [0.4, 0.5) is 5.88 Å². The fraction of sp³-hybridized carbons (Fsp3) is 0.214. The van der Waals surface area contributed by atoms with Gasteiger partial charge < -0.3 is 9.15 Å². The quantitative estimate of drug-likeness (QED) is 0.846. The second kappa shape index (κ2) is 5.05. The average Bonchev–Trinajstić information content (AvgIpc) is 2.85. The maximum atomic E-state index is 8.95. The molecule has 6 nitrogen and oxygen atoms in total. The van der Waals surface area contributed by atoms with Gasteiger partial charge in [0.2, 0.25) is 5.69 Å². The normalized spacial score (nSPS) is 15.3. The summed E-state index contributed by atoms with van der Waals surface area (Å²) in [5.74, 6) is 1.51. The Morgan fingerprint density at radius 2 is 2.25 bits per heavy atom. The van der Waals surface area contributed by atoms with E-state index in [0.29, 0.717) is 18.9 Å². The number of oxazole rings is 1. The molecule has 0 bridgehead atoms. The maximum absolute atomic E-state index is 8.95. The number of para-hydroxylation sites is 1. The van der Waals surface area contributed by atoms with Gasteiger partial charge in [-0.2, -0.15) is 10.4 Å². The van der Waals surface area contributed by atoms with Gasteiger partial charge in [-0.3, -0.25) is 0 Å². The number of hydrazone groups is 1. The smallest absolute Gasteiger partial charge is 0.252 e. The molecule has 1 aliphatic rings. The minimum atomic E-state index is 0.201. The lowest BCUT2D eigenvalue weighted by Gasteiger charge is -2.18. The lowest BCUT2D eigenvalue weighted by molar-refractivity contribution is 0.320. The molecule has 1 N–H and O–H groups in total. The lowest BCUT2D eigenvalue weighted by Crippen LogP contribution is -2.17. The minimum Gasteiger partial charge on any atom is -0.492 e. The van der Waals surface area contributed by atoms with Crippen LogP contribution in [-0.4, -0.2) is 17.3 Å². The summed E-state index contributed by atoms with van der Waals surface area (Å²) in [6.45, 7) is 2.26. The molecule has 1 aromatic carbocycles. The van der Waals surface area contributed by atoms with Crippen LogP contribution in [0.2, 0.25) is 0 Å². The molecule has 0 saturated carbocycles. The summed E-state index contributed by atoms with van der Waals surface area (Å²) < 4.78 is 10.9. The summed E-state index contributed by atoms with van der Waals surface area (Å²) in [5.41, 5.74) is 4.79. The van der Waals surface area contributed by atoms with Gasteiger partial charge in [0.15, 0.2) is 5.89 Å². The number of nitrogens with zero attached hydrogens (tertiary/aromatic N) is 3. The summed E-state index contributed by atoms with van der Waals surface area (Å²) in [5, 5.41) is 13.3. The van der Waals surface area contributed by atoms with Crippen LogP contribution in [0.3, 0.4) is 0 Å². The van der Waals surface area contributed by atoms with Gasteiger partial charge in [-0.15, -0.1) is 0 Å². The van der Waals surface area contributed by atoms with Crippen LogP contribution in [0.25, 0.3) is 0 Å². The zero-order valence-electron chi connectivity index (χ0n) is 10.9. The van der Waals surface area contributed by atoms with E-state index in [1.165, 1.54) is 0 Å². The van der Waals surface area contributed by atoms with Crippen molar-refractivity contribution in [1.29, 1.82) is 5.26 Å². The SMILES string of the molecule is Cc1nc(C#N)c(NN=C2CCOc3ccccc32)o1. The van der Waals surface area contributed by atoms with Gasteiger partial charge >= 0.3 is 0 Å². The highest BCUT2D eigenvalue weighted by molar-refractivity contribution is 6.04. The third-order valence-corrected chi connectivity index (χ3v) is 2.93. The zero-order valence-corrected chi connectivity index (χ0v) is 10.9. The van der Waals surface area contributed by atoms with E-state index in [0.717, 1.165) is 17.0 Å². The standard InChI is InChI=1S/C14H12N4O2/c1-9-16-12(8-15)14(20-9)18-17-11-6-7-19-13-5-3-2-4-10(11)13/h2-5,18H,6-7H2,1H3. The molecule has 0 atom stereocenters. The van der Waals surface area contributed by atoms with Gasteiger partial charge in [0.05, 0.1) is 12.3 Å². The van der Waals surface area contributed by atoms with Crippen LogP contribution in [0.5, 0.6) is 5.75 Å². The molecular weight excluding hydrogens is 256 g/mol. The predicted octanol–water partition coefficient (Wildman–Crippen LogP) is 2.45. The second-order valence-electron chi connectivity index (χ2n) is 4.29. The van der Waals surface area contributed by atoms with E-state index in [-0.39, 0.29) is 11.6 Å². The van der Waals surface area contributed by atoms with Gasteiger partial charge in [0.1, 0.15) is 11.8 Å². The van der Waals surface area contributed by atoms with Crippen molar-refractivity contribution in [3.8, 4) is 11.8 Å². The second-order valence-corrected chi connectivity index (χ2v) is 4.29. The minimum absolute atomic E-state index is 0.201. The Balaban J connectivity index is 1.89. The van der Waals surface area contributed by atoms with Crippen LogP contribution in [0.1, 0.15) is 23.6 Å². The van der Waals surface area contributed by atoms with E-state index in [9.17, 15) is 0 Å². The monoisotopic (exact) mass is 268 g/mol. The molecule has 3 rings (SSSR count). The Morgan fingerprint density at radius 1 is 1.40 bits per heavy atom. The van der Waals surface area contributed by atoms with E-state index in [2.05, 4.69) is 15.5 Å². The Kier molecular flexibility index (Phi) is 3.09. The first-order chi connectivity index (χ1) is 9.78. The number of rotatable bonds is 2. The number of anilines is 1. The van der Waals surface area contributed by atoms with Gasteiger partial charge in [0, 0.05) is 18.9 Å². The Hall–Kier alpha value is -2.81. The fourth-order valence-corrected chi connectivity index (χ4v) is 2.04. The van der Waals surface area contributed by atoms with E-state index in [1.807, 2.05) is 30.3 Å². The first-order valence-electron chi connectivity index (χ1n) is 6.20. The van der Waals surface area contributed by atoms with E-state index in [4.69, 9.17) is 14.4 Å². The van der Waals surface area contributed by atoms with Crippen molar-refractivity contribution in [3.05, 3.63) is 41.4 Å². The van der Waals surface area contributed by atoms with Crippen LogP contribution < -0.4 is 10.2 Å². The number of nitrogens with one attached hydrogen (secondary N) is 1. The van der Waals surface area contributed by atoms with Crippen molar-refractivity contribution < 1.29 is 9.15 Å². The number of benzene rings is 1. The van der Waals surface area contributed by atoms with E-state index >= 15 is 0 Å². The highest BCUT2D eigenvalue weighted by Gasteiger charge is 2.17. The Labute approximate surface area is 115 Å².